The molecule has 0 spiro atoms. The average molecular weight is 405 g/mol. The van der Waals surface area contributed by atoms with Crippen LogP contribution in [0.3, 0.4) is 0 Å². The molecule has 0 atom stereocenters. The van der Waals surface area contributed by atoms with Gasteiger partial charge in [-0.2, -0.15) is 0 Å². The number of sulfonamides is 1. The Kier molecular flexibility index (Phi) is 5.99. The molecule has 0 fully saturated rings. The predicted octanol–water partition coefficient (Wildman–Crippen LogP) is 4.30. The van der Waals surface area contributed by atoms with E-state index in [4.69, 9.17) is 11.6 Å². The zero-order valence-corrected chi connectivity index (χ0v) is 16.5. The molecule has 1 aliphatic heterocycles. The van der Waals surface area contributed by atoms with Gasteiger partial charge in [-0.05, 0) is 42.3 Å². The van der Waals surface area contributed by atoms with Gasteiger partial charge in [-0.3, -0.25) is 4.79 Å². The second-order valence-electron chi connectivity index (χ2n) is 6.35. The van der Waals surface area contributed by atoms with Gasteiger partial charge in [-0.25, -0.2) is 13.1 Å². The first kappa shape index (κ1) is 19.6. The molecule has 3 rings (SSSR count). The van der Waals surface area contributed by atoms with Gasteiger partial charge in [0.2, 0.25) is 10.0 Å². The molecule has 0 aromatic heterocycles. The molecule has 0 aliphatic carbocycles. The topological polar surface area (TPSA) is 75.3 Å². The molecular formula is C20H21ClN2O3S. The van der Waals surface area contributed by atoms with E-state index in [2.05, 4.69) is 17.0 Å². The van der Waals surface area contributed by atoms with E-state index >= 15 is 0 Å². The van der Waals surface area contributed by atoms with Crippen LogP contribution in [0.2, 0.25) is 5.02 Å². The first-order valence-corrected chi connectivity index (χ1v) is 10.7. The molecule has 1 heterocycles. The van der Waals surface area contributed by atoms with Crippen molar-refractivity contribution in [3.8, 4) is 0 Å². The number of amides is 1. The lowest BCUT2D eigenvalue weighted by Gasteiger charge is -2.08. The third-order valence-corrected chi connectivity index (χ3v) is 6.16. The summed E-state index contributed by atoms with van der Waals surface area (Å²) in [6.45, 7) is 2.46. The normalized spacial score (nSPS) is 15.0. The highest BCUT2D eigenvalue weighted by Crippen LogP contribution is 2.35. The zero-order chi connectivity index (χ0) is 19.4. The van der Waals surface area contributed by atoms with Crippen LogP contribution in [0.5, 0.6) is 0 Å². The number of hydrogen-bond donors (Lipinski definition) is 2. The molecule has 0 radical (unpaired) electrons. The van der Waals surface area contributed by atoms with Crippen molar-refractivity contribution in [3.63, 3.8) is 0 Å². The van der Waals surface area contributed by atoms with Crippen LogP contribution in [0, 0.1) is 0 Å². The molecule has 2 aromatic carbocycles. The standard InChI is InChI=1S/C20H21ClN2O3S/c1-2-3-6-11-22-27(25,26)15-9-10-19-16(13-15)17(20(24)23-19)12-14-7-4-5-8-18(14)21/h4-5,7-10,12-13,22H,2-3,6,11H2,1H3,(H,23,24)/b17-12+. The van der Waals surface area contributed by atoms with Crippen LogP contribution in [0.1, 0.15) is 37.3 Å². The van der Waals surface area contributed by atoms with Crippen molar-refractivity contribution >= 4 is 44.9 Å². The first-order chi connectivity index (χ1) is 12.9. The van der Waals surface area contributed by atoms with Crippen molar-refractivity contribution in [1.82, 2.24) is 4.72 Å². The van der Waals surface area contributed by atoms with E-state index in [-0.39, 0.29) is 10.8 Å². The number of rotatable bonds is 7. The number of carbonyl (C=O) groups is 1. The highest BCUT2D eigenvalue weighted by atomic mass is 35.5. The van der Waals surface area contributed by atoms with Gasteiger partial charge in [-0.15, -0.1) is 0 Å². The number of anilines is 1. The largest absolute Gasteiger partial charge is 0.321 e. The van der Waals surface area contributed by atoms with Crippen molar-refractivity contribution in [2.45, 2.75) is 31.1 Å². The quantitative estimate of drug-likeness (QED) is 0.533. The lowest BCUT2D eigenvalue weighted by molar-refractivity contribution is -0.110. The van der Waals surface area contributed by atoms with Gasteiger partial charge in [-0.1, -0.05) is 49.6 Å². The van der Waals surface area contributed by atoms with E-state index in [0.29, 0.717) is 34.0 Å². The molecular weight excluding hydrogens is 384 g/mol. The van der Waals surface area contributed by atoms with Crippen molar-refractivity contribution in [3.05, 3.63) is 58.6 Å². The van der Waals surface area contributed by atoms with Gasteiger partial charge < -0.3 is 5.32 Å². The lowest BCUT2D eigenvalue weighted by Crippen LogP contribution is -2.24. The average Bonchev–Trinajstić information content (AvgIpc) is 2.95. The van der Waals surface area contributed by atoms with E-state index in [1.807, 2.05) is 12.1 Å². The number of benzene rings is 2. The summed E-state index contributed by atoms with van der Waals surface area (Å²) in [6, 6.07) is 11.8. The molecule has 0 saturated carbocycles. The van der Waals surface area contributed by atoms with Gasteiger partial charge >= 0.3 is 0 Å². The van der Waals surface area contributed by atoms with Crippen molar-refractivity contribution < 1.29 is 13.2 Å². The van der Waals surface area contributed by atoms with E-state index in [1.165, 1.54) is 12.1 Å². The Bertz CT molecular complexity index is 1000. The highest BCUT2D eigenvalue weighted by Gasteiger charge is 2.26. The number of carbonyl (C=O) groups excluding carboxylic acids is 1. The van der Waals surface area contributed by atoms with Gasteiger partial charge in [0.15, 0.2) is 0 Å². The smallest absolute Gasteiger partial charge is 0.256 e. The van der Waals surface area contributed by atoms with Crippen LogP contribution < -0.4 is 10.0 Å². The second-order valence-corrected chi connectivity index (χ2v) is 8.52. The Hall–Kier alpha value is -2.15. The monoisotopic (exact) mass is 404 g/mol. The molecule has 1 aliphatic rings. The van der Waals surface area contributed by atoms with E-state index < -0.39 is 10.0 Å². The lowest BCUT2D eigenvalue weighted by atomic mass is 10.0. The molecule has 0 bridgehead atoms. The summed E-state index contributed by atoms with van der Waals surface area (Å²) in [4.78, 5) is 12.5. The Morgan fingerprint density at radius 3 is 2.67 bits per heavy atom. The molecule has 27 heavy (non-hydrogen) atoms. The van der Waals surface area contributed by atoms with Gasteiger partial charge in [0.25, 0.3) is 5.91 Å². The number of hydrogen-bond acceptors (Lipinski definition) is 3. The van der Waals surface area contributed by atoms with Crippen molar-refractivity contribution in [2.24, 2.45) is 0 Å². The Balaban J connectivity index is 1.93. The number of halogens is 1. The maximum absolute atomic E-state index is 12.5. The third-order valence-electron chi connectivity index (χ3n) is 4.36. The molecule has 2 aromatic rings. The molecule has 7 heteroatoms. The van der Waals surface area contributed by atoms with Crippen LogP contribution in [0.25, 0.3) is 11.6 Å². The van der Waals surface area contributed by atoms with Crippen molar-refractivity contribution in [1.29, 1.82) is 0 Å². The number of unbranched alkanes of at least 4 members (excludes halogenated alkanes) is 2. The fraction of sp³-hybridized carbons (Fsp3) is 0.250. The number of fused-ring (bicyclic) bond motifs is 1. The third kappa shape index (κ3) is 4.40. The summed E-state index contributed by atoms with van der Waals surface area (Å²) < 4.78 is 27.7. The SMILES string of the molecule is CCCCCNS(=O)(=O)c1ccc2c(c1)/C(=C\c1ccccc1Cl)C(=O)N2. The van der Waals surface area contributed by atoms with Gasteiger partial charge in [0, 0.05) is 28.4 Å². The van der Waals surface area contributed by atoms with Gasteiger partial charge in [0.05, 0.1) is 4.90 Å². The van der Waals surface area contributed by atoms with Crippen LogP contribution in [-0.2, 0) is 14.8 Å². The van der Waals surface area contributed by atoms with Crippen LogP contribution in [0.4, 0.5) is 5.69 Å². The summed E-state index contributed by atoms with van der Waals surface area (Å²) in [5.74, 6) is -0.282. The minimum absolute atomic E-state index is 0.138. The summed E-state index contributed by atoms with van der Waals surface area (Å²) >= 11 is 6.18. The molecule has 0 unspecified atom stereocenters. The molecule has 2 N–H and O–H groups in total. The Morgan fingerprint density at radius 2 is 1.93 bits per heavy atom. The van der Waals surface area contributed by atoms with E-state index in [1.54, 1.807) is 24.3 Å². The minimum atomic E-state index is -3.63. The maximum atomic E-state index is 12.5. The highest BCUT2D eigenvalue weighted by molar-refractivity contribution is 7.89. The van der Waals surface area contributed by atoms with Gasteiger partial charge in [0.1, 0.15) is 0 Å². The molecule has 142 valence electrons. The second kappa shape index (κ2) is 8.25. The summed E-state index contributed by atoms with van der Waals surface area (Å²) in [5.41, 5.74) is 2.23. The van der Waals surface area contributed by atoms with Crippen LogP contribution in [-0.4, -0.2) is 20.9 Å². The molecule has 5 nitrogen and oxygen atoms in total. The maximum Gasteiger partial charge on any atom is 0.256 e. The predicted molar refractivity (Wildman–Crippen MR) is 109 cm³/mol. The van der Waals surface area contributed by atoms with E-state index in [0.717, 1.165) is 19.3 Å². The number of nitrogens with one attached hydrogen (secondary N) is 2. The van der Waals surface area contributed by atoms with Crippen molar-refractivity contribution in [2.75, 3.05) is 11.9 Å². The Morgan fingerprint density at radius 1 is 1.15 bits per heavy atom. The zero-order valence-electron chi connectivity index (χ0n) is 15.0. The fourth-order valence-corrected chi connectivity index (χ4v) is 4.18. The summed E-state index contributed by atoms with van der Waals surface area (Å²) in [7, 11) is -3.63. The summed E-state index contributed by atoms with van der Waals surface area (Å²) in [5, 5.41) is 3.28. The first-order valence-electron chi connectivity index (χ1n) is 8.84. The minimum Gasteiger partial charge on any atom is -0.321 e. The molecule has 1 amide bonds. The van der Waals surface area contributed by atoms with Crippen LogP contribution in [0.15, 0.2) is 47.4 Å². The fourth-order valence-electron chi connectivity index (χ4n) is 2.89. The molecule has 0 saturated heterocycles. The van der Waals surface area contributed by atoms with E-state index in [9.17, 15) is 13.2 Å². The summed E-state index contributed by atoms with van der Waals surface area (Å²) in [6.07, 6.45) is 4.45. The van der Waals surface area contributed by atoms with Crippen LogP contribution >= 0.6 is 11.6 Å². The Labute approximate surface area is 164 Å².